The third-order valence-electron chi connectivity index (χ3n) is 8.09. The molecule has 1 aromatic heterocycles. The number of Topliss-reactive ketones (excluding diaryl/α,β-unsaturated/α-hetero) is 1. The van der Waals surface area contributed by atoms with Crippen LogP contribution < -0.4 is 15.4 Å². The van der Waals surface area contributed by atoms with Crippen LogP contribution in [0.15, 0.2) is 108 Å². The summed E-state index contributed by atoms with van der Waals surface area (Å²) in [4.78, 5) is 24.8. The van der Waals surface area contributed by atoms with Crippen molar-refractivity contribution >= 4 is 23.6 Å². The van der Waals surface area contributed by atoms with E-state index < -0.39 is 18.4 Å². The summed E-state index contributed by atoms with van der Waals surface area (Å²) >= 11 is 1.45. The van der Waals surface area contributed by atoms with E-state index in [0.29, 0.717) is 17.2 Å². The number of rotatable bonds is 12. The predicted molar refractivity (Wildman–Crippen MR) is 176 cm³/mol. The molecular formula is C36H39N3O6S. The number of urea groups is 1. The molecule has 240 valence electrons. The van der Waals surface area contributed by atoms with Gasteiger partial charge in [0.05, 0.1) is 24.9 Å². The summed E-state index contributed by atoms with van der Waals surface area (Å²) in [5.41, 5.74) is 4.47. The topological polar surface area (TPSA) is 124 Å². The quantitative estimate of drug-likeness (QED) is 0.108. The number of thioether (sulfide) groups is 1. The molecule has 0 aliphatic carbocycles. The number of aliphatic hydroxyl groups is 1. The Morgan fingerprint density at radius 2 is 1.57 bits per heavy atom. The van der Waals surface area contributed by atoms with Crippen molar-refractivity contribution < 1.29 is 28.9 Å². The van der Waals surface area contributed by atoms with E-state index in [1.807, 2.05) is 84.9 Å². The van der Waals surface area contributed by atoms with E-state index in [1.165, 1.54) is 24.9 Å². The maximum atomic E-state index is 12.6. The molecule has 9 nitrogen and oxygen atoms in total. The predicted octanol–water partition coefficient (Wildman–Crippen LogP) is 5.40. The lowest BCUT2D eigenvalue weighted by atomic mass is 9.91. The lowest BCUT2D eigenvalue weighted by molar-refractivity contribution is -0.645. The lowest BCUT2D eigenvalue weighted by Gasteiger charge is -2.41. The Morgan fingerprint density at radius 3 is 2.24 bits per heavy atom. The molecule has 1 fully saturated rings. The van der Waals surface area contributed by atoms with E-state index in [-0.39, 0.29) is 37.1 Å². The molecule has 1 aliphatic rings. The highest BCUT2D eigenvalue weighted by Gasteiger charge is 2.38. The molecule has 3 N–H and O–H groups in total. The average Bonchev–Trinajstić information content (AvgIpc) is 3.08. The van der Waals surface area contributed by atoms with Gasteiger partial charge in [0.1, 0.15) is 0 Å². The molecule has 5 atom stereocenters. The van der Waals surface area contributed by atoms with Gasteiger partial charge in [0.15, 0.2) is 18.3 Å². The summed E-state index contributed by atoms with van der Waals surface area (Å²) in [6.45, 7) is 3.80. The second-order valence-electron chi connectivity index (χ2n) is 11.4. The number of aliphatic hydroxyl groups excluding tert-OH is 1. The van der Waals surface area contributed by atoms with Gasteiger partial charge in [-0.15, -0.1) is 0 Å². The first kappa shape index (κ1) is 33.2. The summed E-state index contributed by atoms with van der Waals surface area (Å²) in [5.74, 6) is 0.428. The smallest absolute Gasteiger partial charge is 0.315 e. The number of carbonyl (C=O) groups excluding carboxylic acids is 2. The van der Waals surface area contributed by atoms with Gasteiger partial charge in [0, 0.05) is 35.9 Å². The normalized spacial score (nSPS) is 20.1. The first-order chi connectivity index (χ1) is 22.3. The first-order valence-electron chi connectivity index (χ1n) is 15.3. The molecule has 0 bridgehead atoms. The van der Waals surface area contributed by atoms with E-state index in [4.69, 9.17) is 9.47 Å². The number of amides is 2. The van der Waals surface area contributed by atoms with Crippen molar-refractivity contribution in [1.82, 2.24) is 10.6 Å². The van der Waals surface area contributed by atoms with Gasteiger partial charge in [-0.3, -0.25) is 4.79 Å². The molecule has 1 unspecified atom stereocenters. The Labute approximate surface area is 273 Å². The molecular weight excluding hydrogens is 602 g/mol. The van der Waals surface area contributed by atoms with E-state index >= 15 is 0 Å². The molecule has 2 heterocycles. The zero-order valence-corrected chi connectivity index (χ0v) is 26.7. The molecule has 46 heavy (non-hydrogen) atoms. The number of carbonyl (C=O) groups is 2. The number of hydrogen-bond acceptors (Lipinski definition) is 7. The Morgan fingerprint density at radius 1 is 0.891 bits per heavy atom. The van der Waals surface area contributed by atoms with Crippen LogP contribution in [0.4, 0.5) is 4.79 Å². The lowest BCUT2D eigenvalue weighted by Crippen LogP contribution is -2.46. The van der Waals surface area contributed by atoms with E-state index in [0.717, 1.165) is 32.5 Å². The number of ketones is 1. The molecule has 4 aromatic rings. The van der Waals surface area contributed by atoms with Crippen LogP contribution in [0.25, 0.3) is 0 Å². The summed E-state index contributed by atoms with van der Waals surface area (Å²) in [6.07, 6.45) is 0.757. The van der Waals surface area contributed by atoms with Crippen LogP contribution in [0.2, 0.25) is 0 Å². The van der Waals surface area contributed by atoms with Crippen LogP contribution in [0.5, 0.6) is 0 Å². The minimum absolute atomic E-state index is 0.0183. The van der Waals surface area contributed by atoms with Crippen LogP contribution in [0, 0.1) is 11.1 Å². The highest BCUT2D eigenvalue weighted by molar-refractivity contribution is 7.99. The van der Waals surface area contributed by atoms with Crippen LogP contribution in [0.1, 0.15) is 54.1 Å². The van der Waals surface area contributed by atoms with Crippen molar-refractivity contribution in [2.45, 2.75) is 63.0 Å². The van der Waals surface area contributed by atoms with Gasteiger partial charge in [0.2, 0.25) is 0 Å². The zero-order chi connectivity index (χ0) is 32.5. The van der Waals surface area contributed by atoms with Gasteiger partial charge in [-0.25, -0.2) is 4.79 Å². The number of nitrogens with zero attached hydrogens (tertiary/aromatic N) is 1. The summed E-state index contributed by atoms with van der Waals surface area (Å²) in [6, 6.07) is 29.3. The maximum Gasteiger partial charge on any atom is 0.315 e. The van der Waals surface area contributed by atoms with E-state index in [1.54, 1.807) is 12.1 Å². The fourth-order valence-corrected chi connectivity index (χ4v) is 6.41. The first-order valence-corrected chi connectivity index (χ1v) is 16.3. The third kappa shape index (κ3) is 8.73. The third-order valence-corrected chi connectivity index (χ3v) is 9.20. The minimum atomic E-state index is -0.654. The van der Waals surface area contributed by atoms with Gasteiger partial charge >= 0.3 is 6.03 Å². The molecule has 0 saturated carbocycles. The molecule has 1 saturated heterocycles. The van der Waals surface area contributed by atoms with Gasteiger partial charge in [-0.2, -0.15) is 4.73 Å². The van der Waals surface area contributed by atoms with Gasteiger partial charge in [0.25, 0.3) is 5.03 Å². The number of ether oxygens (including phenoxy) is 2. The summed E-state index contributed by atoms with van der Waals surface area (Å²) < 4.78 is 13.9. The van der Waals surface area contributed by atoms with E-state index in [9.17, 15) is 19.9 Å². The van der Waals surface area contributed by atoms with Crippen LogP contribution in [0.3, 0.4) is 0 Å². The number of hydrogen-bond donors (Lipinski definition) is 3. The van der Waals surface area contributed by atoms with Crippen LogP contribution >= 0.6 is 11.8 Å². The van der Waals surface area contributed by atoms with Gasteiger partial charge in [-0.1, -0.05) is 97.5 Å². The van der Waals surface area contributed by atoms with Crippen molar-refractivity contribution in [3.63, 3.8) is 0 Å². The summed E-state index contributed by atoms with van der Waals surface area (Å²) in [7, 11) is 0. The zero-order valence-electron chi connectivity index (χ0n) is 25.9. The van der Waals surface area contributed by atoms with Gasteiger partial charge in [-0.05, 0) is 41.7 Å². The molecule has 1 aliphatic heterocycles. The number of pyridine rings is 1. The van der Waals surface area contributed by atoms with Crippen LogP contribution in [-0.4, -0.2) is 34.8 Å². The molecule has 0 spiro atoms. The summed E-state index contributed by atoms with van der Waals surface area (Å²) in [5, 5.41) is 28.0. The molecule has 5 rings (SSSR count). The average molecular weight is 642 g/mol. The van der Waals surface area contributed by atoms with Crippen molar-refractivity contribution in [3.05, 3.63) is 136 Å². The van der Waals surface area contributed by atoms with Crippen molar-refractivity contribution in [2.24, 2.45) is 5.92 Å². The Kier molecular flexibility index (Phi) is 11.4. The fraction of sp³-hybridized carbons (Fsp3) is 0.306. The van der Waals surface area contributed by atoms with Crippen molar-refractivity contribution in [3.8, 4) is 0 Å². The number of nitrogens with one attached hydrogen (secondary N) is 2. The van der Waals surface area contributed by atoms with Crippen LogP contribution in [-0.2, 0) is 33.8 Å². The van der Waals surface area contributed by atoms with Gasteiger partial charge < -0.3 is 30.4 Å². The molecule has 2 amide bonds. The van der Waals surface area contributed by atoms with Crippen molar-refractivity contribution in [1.29, 1.82) is 0 Å². The second-order valence-corrected chi connectivity index (χ2v) is 12.5. The molecule has 0 radical (unpaired) electrons. The highest BCUT2D eigenvalue weighted by Crippen LogP contribution is 2.42. The Hall–Kier alpha value is -4.22. The molecule has 10 heteroatoms. The Balaban J connectivity index is 1.24. The standard InChI is InChI=1S/C36H39N3O6S/c1-24-32(23-46-33-10-6-7-19-39(33)43)44-35(45-34(24)29-15-13-28(22-40)14-16-29)30-17-11-27(12-18-30)21-37-36(42)38-31(25(2)41)20-26-8-4-3-5-9-26/h3-19,24,31-32,34-35,40H,20-23H2,1-2H3,(H2,37,38,42)/t24-,31+,32+,34+,35?/m0/s1. The highest BCUT2D eigenvalue weighted by atomic mass is 32.2. The monoisotopic (exact) mass is 641 g/mol. The maximum absolute atomic E-state index is 12.6. The largest absolute Gasteiger partial charge is 0.618 e. The molecule has 3 aromatic carbocycles. The van der Waals surface area contributed by atoms with Crippen molar-refractivity contribution in [2.75, 3.05) is 5.75 Å². The fourth-order valence-electron chi connectivity index (χ4n) is 5.33. The number of benzene rings is 3. The number of aromatic nitrogens is 1. The SMILES string of the molecule is CC(=O)[C@@H](Cc1ccccc1)NC(=O)NCc1ccc(C2O[C@H](CSc3cccc[n+]3[O-])[C@H](C)[C@H](c3ccc(CO)cc3)O2)cc1. The Bertz CT molecular complexity index is 1590. The van der Waals surface area contributed by atoms with E-state index in [2.05, 4.69) is 17.6 Å². The minimum Gasteiger partial charge on any atom is -0.618 e. The second kappa shape index (κ2) is 15.9.